The lowest BCUT2D eigenvalue weighted by atomic mass is 10.1. The summed E-state index contributed by atoms with van der Waals surface area (Å²) in [7, 11) is 0. The van der Waals surface area contributed by atoms with Crippen molar-refractivity contribution in [2.75, 3.05) is 0 Å². The van der Waals surface area contributed by atoms with E-state index in [1.807, 2.05) is 12.2 Å². The van der Waals surface area contributed by atoms with Crippen molar-refractivity contribution in [3.05, 3.63) is 22.2 Å². The Kier molecular flexibility index (Phi) is 3.33. The van der Waals surface area contributed by atoms with E-state index in [1.165, 1.54) is 6.21 Å². The van der Waals surface area contributed by atoms with Crippen LogP contribution in [0.5, 0.6) is 0 Å². The first kappa shape index (κ1) is 9.00. The van der Waals surface area contributed by atoms with Gasteiger partial charge in [-0.15, -0.1) is 0 Å². The van der Waals surface area contributed by atoms with Crippen molar-refractivity contribution < 1.29 is 5.21 Å². The smallest absolute Gasteiger partial charge is 0.0731 e. The lowest BCUT2D eigenvalue weighted by Crippen LogP contribution is -2.00. The first-order valence-electron chi connectivity index (χ1n) is 3.12. The molecule has 0 radical (unpaired) electrons. The van der Waals surface area contributed by atoms with Crippen LogP contribution in [0.1, 0.15) is 6.42 Å². The van der Waals surface area contributed by atoms with E-state index < -0.39 is 0 Å². The summed E-state index contributed by atoms with van der Waals surface area (Å²) >= 11 is 6.83. The highest BCUT2D eigenvalue weighted by Gasteiger charge is 2.09. The monoisotopic (exact) mass is 279 g/mol. The number of alkyl halides is 1. The minimum Gasteiger partial charge on any atom is -0.411 e. The Labute approximate surface area is 81.9 Å². The normalized spacial score (nSPS) is 25.1. The lowest BCUT2D eigenvalue weighted by Gasteiger charge is -2.10. The third kappa shape index (κ3) is 2.79. The quantitative estimate of drug-likeness (QED) is 0.341. The molecule has 0 aliphatic heterocycles. The highest BCUT2D eigenvalue weighted by atomic mass is 79.9. The number of oxime groups is 1. The van der Waals surface area contributed by atoms with Gasteiger partial charge in [0.05, 0.1) is 6.21 Å². The summed E-state index contributed by atoms with van der Waals surface area (Å²) in [5, 5.41) is 11.2. The minimum atomic E-state index is 0.329. The van der Waals surface area contributed by atoms with Gasteiger partial charge in [0.15, 0.2) is 0 Å². The largest absolute Gasteiger partial charge is 0.411 e. The van der Waals surface area contributed by atoms with Gasteiger partial charge in [-0.1, -0.05) is 43.1 Å². The summed E-state index contributed by atoms with van der Waals surface area (Å²) in [4.78, 5) is 0.329. The Balaban J connectivity index is 2.78. The molecule has 1 N–H and O–H groups in total. The molecule has 11 heavy (non-hydrogen) atoms. The van der Waals surface area contributed by atoms with Crippen molar-refractivity contribution >= 4 is 38.1 Å². The van der Waals surface area contributed by atoms with E-state index in [1.54, 1.807) is 0 Å². The third-order valence-electron chi connectivity index (χ3n) is 1.29. The van der Waals surface area contributed by atoms with Crippen LogP contribution in [0.3, 0.4) is 0 Å². The van der Waals surface area contributed by atoms with Crippen molar-refractivity contribution in [2.24, 2.45) is 5.16 Å². The second-order valence-electron chi connectivity index (χ2n) is 2.22. The van der Waals surface area contributed by atoms with Crippen molar-refractivity contribution in [1.82, 2.24) is 0 Å². The van der Waals surface area contributed by atoms with E-state index in [0.29, 0.717) is 4.83 Å². The summed E-state index contributed by atoms with van der Waals surface area (Å²) in [6.45, 7) is 0. The van der Waals surface area contributed by atoms with Gasteiger partial charge in [-0.05, 0) is 22.6 Å². The van der Waals surface area contributed by atoms with Crippen LogP contribution in [0.4, 0.5) is 0 Å². The third-order valence-corrected chi connectivity index (χ3v) is 2.43. The van der Waals surface area contributed by atoms with Crippen LogP contribution in [0.2, 0.25) is 0 Å². The van der Waals surface area contributed by atoms with Gasteiger partial charge >= 0.3 is 0 Å². The lowest BCUT2D eigenvalue weighted by molar-refractivity contribution is 0.322. The van der Waals surface area contributed by atoms with Crippen LogP contribution in [0.15, 0.2) is 27.4 Å². The molecule has 60 valence electrons. The number of hydrogen-bond acceptors (Lipinski definition) is 2. The van der Waals surface area contributed by atoms with Crippen LogP contribution >= 0.6 is 31.9 Å². The molecule has 0 aromatic carbocycles. The molecule has 2 nitrogen and oxygen atoms in total. The molecule has 0 fully saturated rings. The van der Waals surface area contributed by atoms with Crippen LogP contribution in [-0.2, 0) is 0 Å². The van der Waals surface area contributed by atoms with Crippen molar-refractivity contribution in [3.63, 3.8) is 0 Å². The van der Waals surface area contributed by atoms with Gasteiger partial charge in [0.2, 0.25) is 0 Å². The van der Waals surface area contributed by atoms with E-state index in [4.69, 9.17) is 5.21 Å². The Hall–Kier alpha value is -0.0900. The molecule has 0 bridgehead atoms. The molecule has 0 spiro atoms. The zero-order valence-electron chi connectivity index (χ0n) is 5.67. The van der Waals surface area contributed by atoms with E-state index >= 15 is 0 Å². The van der Waals surface area contributed by atoms with Crippen molar-refractivity contribution in [2.45, 2.75) is 11.2 Å². The number of nitrogens with zero attached hydrogens (tertiary/aromatic N) is 1. The molecular weight excluding hydrogens is 274 g/mol. The zero-order chi connectivity index (χ0) is 8.27. The molecular formula is C7H7Br2NO. The fraction of sp³-hybridized carbons (Fsp3) is 0.286. The van der Waals surface area contributed by atoms with Crippen LogP contribution in [0, 0.1) is 0 Å². The van der Waals surface area contributed by atoms with E-state index in [0.717, 1.165) is 16.5 Å². The van der Waals surface area contributed by atoms with Gasteiger partial charge < -0.3 is 5.21 Å². The molecule has 1 atom stereocenters. The molecule has 1 aliphatic rings. The summed E-state index contributed by atoms with van der Waals surface area (Å²) < 4.78 is 1.11. The minimum absolute atomic E-state index is 0.329. The van der Waals surface area contributed by atoms with Crippen molar-refractivity contribution in [3.8, 4) is 0 Å². The molecule has 1 aliphatic carbocycles. The molecule has 1 rings (SSSR count). The number of hydrogen-bond donors (Lipinski definition) is 1. The Bertz CT molecular complexity index is 233. The predicted molar refractivity (Wildman–Crippen MR) is 52.7 cm³/mol. The Morgan fingerprint density at radius 1 is 1.73 bits per heavy atom. The number of allylic oxidation sites excluding steroid dienone is 4. The molecule has 0 aromatic heterocycles. The fourth-order valence-electron chi connectivity index (χ4n) is 0.889. The van der Waals surface area contributed by atoms with Crippen LogP contribution in [0.25, 0.3) is 0 Å². The summed E-state index contributed by atoms with van der Waals surface area (Å²) in [6.07, 6.45) is 6.28. The van der Waals surface area contributed by atoms with E-state index in [9.17, 15) is 0 Å². The fourth-order valence-corrected chi connectivity index (χ4v) is 2.59. The van der Waals surface area contributed by atoms with E-state index in [2.05, 4.69) is 37.0 Å². The van der Waals surface area contributed by atoms with Crippen molar-refractivity contribution in [1.29, 1.82) is 0 Å². The molecule has 0 aromatic rings. The molecule has 0 saturated carbocycles. The first-order chi connectivity index (χ1) is 5.22. The Morgan fingerprint density at radius 2 is 2.45 bits per heavy atom. The number of halogens is 2. The van der Waals surface area contributed by atoms with Crippen LogP contribution in [-0.4, -0.2) is 16.2 Å². The number of rotatable bonds is 1. The maximum Gasteiger partial charge on any atom is 0.0731 e. The topological polar surface area (TPSA) is 32.6 Å². The maximum absolute atomic E-state index is 8.26. The second kappa shape index (κ2) is 4.07. The highest BCUT2D eigenvalue weighted by molar-refractivity contribution is 9.12. The summed E-state index contributed by atoms with van der Waals surface area (Å²) in [6, 6.07) is 0. The average Bonchev–Trinajstić information content (AvgIpc) is 1.85. The van der Waals surface area contributed by atoms with Gasteiger partial charge in [-0.2, -0.15) is 0 Å². The standard InChI is InChI=1S/C7H7Br2NO/c8-6-1-5(4-10-11)2-7(9)3-6/h1-2,4,6,11H,3H2. The molecule has 4 heteroatoms. The van der Waals surface area contributed by atoms with Gasteiger partial charge in [0.25, 0.3) is 0 Å². The summed E-state index contributed by atoms with van der Waals surface area (Å²) in [5.74, 6) is 0. The molecule has 1 unspecified atom stereocenters. The average molecular weight is 281 g/mol. The zero-order valence-corrected chi connectivity index (χ0v) is 8.84. The second-order valence-corrected chi connectivity index (χ2v) is 4.42. The van der Waals surface area contributed by atoms with Gasteiger partial charge in [0, 0.05) is 4.83 Å². The Morgan fingerprint density at radius 3 is 3.00 bits per heavy atom. The predicted octanol–water partition coefficient (Wildman–Crippen LogP) is 2.82. The van der Waals surface area contributed by atoms with Gasteiger partial charge in [-0.3, -0.25) is 0 Å². The first-order valence-corrected chi connectivity index (χ1v) is 4.82. The highest BCUT2D eigenvalue weighted by Crippen LogP contribution is 2.25. The SMILES string of the molecule is ON=CC1=CC(Br)CC(Br)=C1. The summed E-state index contributed by atoms with van der Waals surface area (Å²) in [5.41, 5.74) is 0.910. The van der Waals surface area contributed by atoms with Gasteiger partial charge in [-0.25, -0.2) is 0 Å². The van der Waals surface area contributed by atoms with E-state index in [-0.39, 0.29) is 0 Å². The van der Waals surface area contributed by atoms with Gasteiger partial charge in [0.1, 0.15) is 0 Å². The van der Waals surface area contributed by atoms with Crippen LogP contribution < -0.4 is 0 Å². The molecule has 0 saturated heterocycles. The maximum atomic E-state index is 8.26. The molecule has 0 heterocycles. The molecule has 0 amide bonds.